The van der Waals surface area contributed by atoms with Crippen LogP contribution in [0.2, 0.25) is 0 Å². The highest BCUT2D eigenvalue weighted by Crippen LogP contribution is 2.49. The Morgan fingerprint density at radius 3 is 2.10 bits per heavy atom. The van der Waals surface area contributed by atoms with Crippen molar-refractivity contribution in [3.8, 4) is 0 Å². The monoisotopic (exact) mass is 718 g/mol. The number of hydrogen-bond donors (Lipinski definition) is 3. The van der Waals surface area contributed by atoms with Crippen LogP contribution < -0.4 is 11.5 Å². The number of imidazole rings is 1. The molecule has 0 saturated carbocycles. The lowest BCUT2D eigenvalue weighted by molar-refractivity contribution is 0.0195. The van der Waals surface area contributed by atoms with Crippen molar-refractivity contribution < 1.29 is 28.2 Å². The van der Waals surface area contributed by atoms with Crippen molar-refractivity contribution in [3.63, 3.8) is 0 Å². The minimum absolute atomic E-state index is 0.0275. The van der Waals surface area contributed by atoms with Crippen LogP contribution in [-0.2, 0) is 36.2 Å². The molecule has 3 atom stereocenters. The first-order chi connectivity index (χ1) is 24.3. The highest BCUT2D eigenvalue weighted by atomic mass is 31.2. The van der Waals surface area contributed by atoms with Crippen LogP contribution in [0.5, 0.6) is 0 Å². The van der Waals surface area contributed by atoms with E-state index < -0.39 is 13.7 Å². The molecule has 1 aromatic carbocycles. The third kappa shape index (κ3) is 16.6. The van der Waals surface area contributed by atoms with Gasteiger partial charge in [-0.2, -0.15) is 9.97 Å². The Hall–Kier alpha value is -2.60. The molecule has 0 amide bonds. The van der Waals surface area contributed by atoms with Gasteiger partial charge in [0.25, 0.3) is 0 Å². The number of aromatic nitrogens is 4. The van der Waals surface area contributed by atoms with Crippen molar-refractivity contribution in [1.29, 1.82) is 0 Å². The Balaban J connectivity index is 1.37. The van der Waals surface area contributed by atoms with Gasteiger partial charge < -0.3 is 39.7 Å². The maximum atomic E-state index is 13.9. The number of aliphatic hydroxyl groups is 1. The van der Waals surface area contributed by atoms with E-state index in [1.54, 1.807) is 10.9 Å². The summed E-state index contributed by atoms with van der Waals surface area (Å²) in [4.78, 5) is 12.5. The van der Waals surface area contributed by atoms with Crippen molar-refractivity contribution in [2.24, 2.45) is 0 Å². The van der Waals surface area contributed by atoms with Crippen LogP contribution in [0.1, 0.15) is 122 Å². The molecule has 2 heterocycles. The van der Waals surface area contributed by atoms with Crippen molar-refractivity contribution in [3.05, 3.63) is 42.2 Å². The molecule has 0 bridgehead atoms. The number of benzene rings is 1. The van der Waals surface area contributed by atoms with E-state index in [1.165, 1.54) is 83.5 Å². The predicted octanol–water partition coefficient (Wildman–Crippen LogP) is 8.42. The maximum absolute atomic E-state index is 13.9. The second kappa shape index (κ2) is 24.6. The number of nitrogen functional groups attached to an aromatic ring is 2. The number of anilines is 2. The van der Waals surface area contributed by atoms with Crippen molar-refractivity contribution in [1.82, 2.24) is 19.5 Å². The zero-order valence-corrected chi connectivity index (χ0v) is 31.4. The number of ether oxygens (including phenoxy) is 2. The standard InChI is InChI=1S/C37H63N6O6P/c1-3-4-5-6-7-8-9-10-11-12-13-14-15-17-20-31(2)46-25-26-48-50(45,49-28-32-21-18-16-19-22-32)30-47-33(23-24-44)27-43-29-40-34-35(38)41-37(39)42-36(34)43/h16,18-19,21-22,29,31,33,44H,3-15,17,20,23-28,30H2,1-2H3,(H4,38,39,41,42). The summed E-state index contributed by atoms with van der Waals surface area (Å²) >= 11 is 0. The second-order valence-electron chi connectivity index (χ2n) is 13.2. The van der Waals surface area contributed by atoms with Gasteiger partial charge in [-0.05, 0) is 25.3 Å². The molecule has 2 aromatic heterocycles. The summed E-state index contributed by atoms with van der Waals surface area (Å²) in [5.41, 5.74) is 13.5. The van der Waals surface area contributed by atoms with E-state index in [-0.39, 0.29) is 57.0 Å². The smallest absolute Gasteiger partial charge is 0.356 e. The molecule has 13 heteroatoms. The van der Waals surface area contributed by atoms with Gasteiger partial charge in [-0.3, -0.25) is 4.57 Å². The van der Waals surface area contributed by atoms with E-state index >= 15 is 0 Å². The summed E-state index contributed by atoms with van der Waals surface area (Å²) < 4.78 is 39.4. The summed E-state index contributed by atoms with van der Waals surface area (Å²) in [5.74, 6) is 0.203. The van der Waals surface area contributed by atoms with Crippen LogP contribution in [0.15, 0.2) is 36.7 Å². The first-order valence-electron chi connectivity index (χ1n) is 18.8. The summed E-state index contributed by atoms with van der Waals surface area (Å²) in [6.45, 7) is 4.95. The summed E-state index contributed by atoms with van der Waals surface area (Å²) in [6.07, 6.45) is 20.8. The number of rotatable bonds is 30. The van der Waals surface area contributed by atoms with E-state index in [9.17, 15) is 9.67 Å². The minimum Gasteiger partial charge on any atom is -0.396 e. The van der Waals surface area contributed by atoms with Crippen LogP contribution in [0, 0.1) is 0 Å². The molecule has 3 unspecified atom stereocenters. The highest BCUT2D eigenvalue weighted by Gasteiger charge is 2.28. The van der Waals surface area contributed by atoms with Crippen molar-refractivity contribution in [2.75, 3.05) is 37.6 Å². The van der Waals surface area contributed by atoms with Gasteiger partial charge in [0, 0.05) is 6.61 Å². The van der Waals surface area contributed by atoms with Crippen LogP contribution in [-0.4, -0.2) is 63.0 Å². The highest BCUT2D eigenvalue weighted by molar-refractivity contribution is 7.53. The average molecular weight is 719 g/mol. The van der Waals surface area contributed by atoms with Gasteiger partial charge in [0.2, 0.25) is 5.95 Å². The molecule has 3 aromatic rings. The maximum Gasteiger partial charge on any atom is 0.356 e. The Kier molecular flexibility index (Phi) is 20.5. The lowest BCUT2D eigenvalue weighted by Crippen LogP contribution is -2.23. The zero-order chi connectivity index (χ0) is 35.9. The summed E-state index contributed by atoms with van der Waals surface area (Å²) in [7, 11) is -3.70. The summed E-state index contributed by atoms with van der Waals surface area (Å²) in [5, 5.41) is 9.73. The fourth-order valence-electron chi connectivity index (χ4n) is 5.90. The molecule has 0 spiro atoms. The fraction of sp³-hybridized carbons (Fsp3) is 0.703. The van der Waals surface area contributed by atoms with Gasteiger partial charge in [-0.25, -0.2) is 4.98 Å². The average Bonchev–Trinajstić information content (AvgIpc) is 3.51. The third-order valence-electron chi connectivity index (χ3n) is 8.84. The van der Waals surface area contributed by atoms with E-state index in [1.807, 2.05) is 30.3 Å². The van der Waals surface area contributed by atoms with Crippen molar-refractivity contribution in [2.45, 2.75) is 142 Å². The van der Waals surface area contributed by atoms with Crippen molar-refractivity contribution >= 4 is 30.5 Å². The van der Waals surface area contributed by atoms with E-state index in [2.05, 4.69) is 28.8 Å². The van der Waals surface area contributed by atoms with Crippen LogP contribution in [0.25, 0.3) is 11.2 Å². The predicted molar refractivity (Wildman–Crippen MR) is 201 cm³/mol. The molecule has 50 heavy (non-hydrogen) atoms. The van der Waals surface area contributed by atoms with Gasteiger partial charge in [0.05, 0.1) is 44.9 Å². The van der Waals surface area contributed by atoms with Gasteiger partial charge >= 0.3 is 7.60 Å². The molecule has 0 saturated heterocycles. The number of nitrogens with two attached hydrogens (primary N) is 2. The molecule has 282 valence electrons. The van der Waals surface area contributed by atoms with Gasteiger partial charge in [-0.15, -0.1) is 0 Å². The summed E-state index contributed by atoms with van der Waals surface area (Å²) in [6, 6.07) is 9.48. The van der Waals surface area contributed by atoms with Gasteiger partial charge in [0.1, 0.15) is 11.9 Å². The molecule has 0 radical (unpaired) electrons. The Labute approximate surface area is 299 Å². The fourth-order valence-corrected chi connectivity index (χ4v) is 7.21. The zero-order valence-electron chi connectivity index (χ0n) is 30.6. The molecule has 0 fully saturated rings. The number of unbranched alkanes of at least 4 members (excludes halogenated alkanes) is 13. The molecule has 0 aliphatic carbocycles. The quantitative estimate of drug-likeness (QED) is 0.0447. The molecule has 3 rings (SSSR count). The first-order valence-corrected chi connectivity index (χ1v) is 20.6. The molecular formula is C37H63N6O6P. The van der Waals surface area contributed by atoms with Crippen LogP contribution >= 0.6 is 7.60 Å². The lowest BCUT2D eigenvalue weighted by atomic mass is 10.0. The Bertz CT molecular complexity index is 1360. The Morgan fingerprint density at radius 1 is 0.820 bits per heavy atom. The van der Waals surface area contributed by atoms with Gasteiger partial charge in [-0.1, -0.05) is 127 Å². The molecule has 5 N–H and O–H groups in total. The third-order valence-corrected chi connectivity index (χ3v) is 10.4. The van der Waals surface area contributed by atoms with Crippen LogP contribution in [0.4, 0.5) is 11.8 Å². The van der Waals surface area contributed by atoms with E-state index in [0.717, 1.165) is 18.4 Å². The van der Waals surface area contributed by atoms with E-state index in [4.69, 9.17) is 30.0 Å². The largest absolute Gasteiger partial charge is 0.396 e. The number of aliphatic hydroxyl groups excluding tert-OH is 1. The van der Waals surface area contributed by atoms with Crippen LogP contribution in [0.3, 0.4) is 0 Å². The van der Waals surface area contributed by atoms with E-state index in [0.29, 0.717) is 17.8 Å². The normalized spacial score (nSPS) is 14.2. The molecular weight excluding hydrogens is 655 g/mol. The Morgan fingerprint density at radius 2 is 1.46 bits per heavy atom. The number of hydrogen-bond acceptors (Lipinski definition) is 11. The lowest BCUT2D eigenvalue weighted by Gasteiger charge is -2.23. The first kappa shape index (κ1) is 41.8. The molecule has 0 aliphatic rings. The van der Waals surface area contributed by atoms with Gasteiger partial charge in [0.15, 0.2) is 11.5 Å². The second-order valence-corrected chi connectivity index (χ2v) is 15.2. The molecule has 0 aliphatic heterocycles. The number of fused-ring (bicyclic) bond motifs is 1. The minimum atomic E-state index is -3.70. The SMILES string of the molecule is CCCCCCCCCCCCCCCCC(C)OCCOP(=O)(COC(CCO)Cn1cnc2c(N)nc(N)nc21)OCc1ccccc1. The topological polar surface area (TPSA) is 170 Å². The number of nitrogens with zero attached hydrogens (tertiary/aromatic N) is 4. The molecule has 12 nitrogen and oxygen atoms in total.